The lowest BCUT2D eigenvalue weighted by atomic mass is 10.3. The van der Waals surface area contributed by atoms with Gasteiger partial charge in [0.25, 0.3) is 5.91 Å². The van der Waals surface area contributed by atoms with Crippen molar-refractivity contribution in [2.45, 2.75) is 32.4 Å². The number of nitrogen functional groups attached to an aromatic ring is 1. The lowest BCUT2D eigenvalue weighted by molar-refractivity contribution is 0.0937. The fraction of sp³-hybridized carbons (Fsp3) is 0.385. The Labute approximate surface area is 110 Å². The van der Waals surface area contributed by atoms with Crippen molar-refractivity contribution in [1.82, 2.24) is 15.0 Å². The number of nitrogens with one attached hydrogen (secondary N) is 1. The van der Waals surface area contributed by atoms with Crippen LogP contribution in [0.2, 0.25) is 0 Å². The van der Waals surface area contributed by atoms with Crippen LogP contribution in [-0.4, -0.2) is 15.6 Å². The summed E-state index contributed by atoms with van der Waals surface area (Å²) in [5, 5.41) is 6.59. The van der Waals surface area contributed by atoms with Gasteiger partial charge >= 0.3 is 0 Å². The molecular formula is C13H16N4O2. The highest BCUT2D eigenvalue weighted by atomic mass is 16.5. The van der Waals surface area contributed by atoms with Gasteiger partial charge < -0.3 is 20.1 Å². The molecule has 3 N–H and O–H groups in total. The van der Waals surface area contributed by atoms with E-state index >= 15 is 0 Å². The van der Waals surface area contributed by atoms with Gasteiger partial charge in [0.05, 0.1) is 17.9 Å². The third-order valence-electron chi connectivity index (χ3n) is 3.14. The molecule has 1 amide bonds. The number of rotatable bonds is 4. The minimum absolute atomic E-state index is 0.141. The maximum absolute atomic E-state index is 12.1. The lowest BCUT2D eigenvalue weighted by Crippen LogP contribution is -2.25. The summed E-state index contributed by atoms with van der Waals surface area (Å²) in [4.78, 5) is 12.1. The predicted octanol–water partition coefficient (Wildman–Crippen LogP) is 1.63. The monoisotopic (exact) mass is 260 g/mol. The summed E-state index contributed by atoms with van der Waals surface area (Å²) >= 11 is 0. The van der Waals surface area contributed by atoms with Crippen molar-refractivity contribution >= 4 is 11.6 Å². The Morgan fingerprint density at radius 1 is 1.58 bits per heavy atom. The molecule has 0 aliphatic heterocycles. The van der Waals surface area contributed by atoms with Crippen molar-refractivity contribution in [3.05, 3.63) is 35.5 Å². The van der Waals surface area contributed by atoms with Gasteiger partial charge in [-0.2, -0.15) is 0 Å². The van der Waals surface area contributed by atoms with Crippen molar-refractivity contribution in [2.75, 3.05) is 5.73 Å². The van der Waals surface area contributed by atoms with E-state index in [2.05, 4.69) is 10.5 Å². The second-order valence-electron chi connectivity index (χ2n) is 4.91. The third-order valence-corrected chi connectivity index (χ3v) is 3.14. The summed E-state index contributed by atoms with van der Waals surface area (Å²) in [7, 11) is 0. The summed E-state index contributed by atoms with van der Waals surface area (Å²) in [5.74, 6) is 0.501. The molecule has 19 heavy (non-hydrogen) atoms. The van der Waals surface area contributed by atoms with Crippen LogP contribution >= 0.6 is 0 Å². The first kappa shape index (κ1) is 11.8. The highest BCUT2D eigenvalue weighted by molar-refractivity contribution is 5.93. The van der Waals surface area contributed by atoms with E-state index in [0.717, 1.165) is 18.5 Å². The first-order valence-corrected chi connectivity index (χ1v) is 6.31. The van der Waals surface area contributed by atoms with Crippen molar-refractivity contribution in [2.24, 2.45) is 0 Å². The molecule has 0 aromatic carbocycles. The number of amides is 1. The van der Waals surface area contributed by atoms with Gasteiger partial charge in [-0.3, -0.25) is 4.79 Å². The van der Waals surface area contributed by atoms with Crippen molar-refractivity contribution in [1.29, 1.82) is 0 Å². The first-order chi connectivity index (χ1) is 9.13. The standard InChI is InChI=1S/C13H16N4O2/c1-8-4-11(19-16-8)6-15-13(18)12-5-9(14)7-17(12)10-2-3-10/h4-5,7,10H,2-3,6,14H2,1H3,(H,15,18). The fourth-order valence-electron chi connectivity index (χ4n) is 2.10. The molecule has 0 spiro atoms. The van der Waals surface area contributed by atoms with E-state index in [-0.39, 0.29) is 5.91 Å². The molecule has 0 radical (unpaired) electrons. The second kappa shape index (κ2) is 4.46. The molecule has 100 valence electrons. The zero-order valence-corrected chi connectivity index (χ0v) is 10.7. The molecule has 2 aromatic heterocycles. The van der Waals surface area contributed by atoms with Crippen LogP contribution in [0.4, 0.5) is 5.69 Å². The minimum atomic E-state index is -0.141. The Balaban J connectivity index is 1.70. The molecule has 3 rings (SSSR count). The van der Waals surface area contributed by atoms with E-state index in [9.17, 15) is 4.79 Å². The van der Waals surface area contributed by atoms with Gasteiger partial charge in [0.1, 0.15) is 5.69 Å². The maximum Gasteiger partial charge on any atom is 0.268 e. The number of aryl methyl sites for hydroxylation is 1. The molecule has 1 fully saturated rings. The average molecular weight is 260 g/mol. The number of carbonyl (C=O) groups is 1. The van der Waals surface area contributed by atoms with Gasteiger partial charge in [0, 0.05) is 18.3 Å². The third kappa shape index (κ3) is 2.47. The molecule has 0 saturated heterocycles. The van der Waals surface area contributed by atoms with Crippen LogP contribution in [-0.2, 0) is 6.54 Å². The SMILES string of the molecule is Cc1cc(CNC(=O)c2cc(N)cn2C2CC2)on1. The molecule has 1 saturated carbocycles. The van der Waals surface area contributed by atoms with Gasteiger partial charge in [0.15, 0.2) is 5.76 Å². The van der Waals surface area contributed by atoms with Crippen LogP contribution in [0.15, 0.2) is 22.9 Å². The average Bonchev–Trinajstić information content (AvgIpc) is 3.03. The van der Waals surface area contributed by atoms with E-state index in [4.69, 9.17) is 10.3 Å². The van der Waals surface area contributed by atoms with E-state index in [1.54, 1.807) is 12.1 Å². The van der Waals surface area contributed by atoms with E-state index in [1.165, 1.54) is 0 Å². The van der Waals surface area contributed by atoms with Gasteiger partial charge in [0.2, 0.25) is 0 Å². The Morgan fingerprint density at radius 2 is 2.37 bits per heavy atom. The molecule has 2 aromatic rings. The molecule has 0 bridgehead atoms. The Hall–Kier alpha value is -2.24. The fourth-order valence-corrected chi connectivity index (χ4v) is 2.10. The first-order valence-electron chi connectivity index (χ1n) is 6.31. The predicted molar refractivity (Wildman–Crippen MR) is 69.5 cm³/mol. The number of carbonyl (C=O) groups excluding carboxylic acids is 1. The van der Waals surface area contributed by atoms with Gasteiger partial charge in [-0.15, -0.1) is 0 Å². The van der Waals surface area contributed by atoms with Crippen molar-refractivity contribution in [3.63, 3.8) is 0 Å². The maximum atomic E-state index is 12.1. The van der Waals surface area contributed by atoms with Crippen molar-refractivity contribution in [3.8, 4) is 0 Å². The highest BCUT2D eigenvalue weighted by Gasteiger charge is 2.27. The van der Waals surface area contributed by atoms with Gasteiger partial charge in [-0.25, -0.2) is 0 Å². The summed E-state index contributed by atoms with van der Waals surface area (Å²) in [6, 6.07) is 3.93. The zero-order chi connectivity index (χ0) is 13.4. The molecule has 6 nitrogen and oxygen atoms in total. The number of hydrogen-bond acceptors (Lipinski definition) is 4. The molecule has 1 aliphatic rings. The highest BCUT2D eigenvalue weighted by Crippen LogP contribution is 2.37. The van der Waals surface area contributed by atoms with Crippen molar-refractivity contribution < 1.29 is 9.32 Å². The normalized spacial score (nSPS) is 14.6. The zero-order valence-electron chi connectivity index (χ0n) is 10.7. The Kier molecular flexibility index (Phi) is 2.77. The largest absolute Gasteiger partial charge is 0.397 e. The molecule has 0 unspecified atom stereocenters. The second-order valence-corrected chi connectivity index (χ2v) is 4.91. The van der Waals surface area contributed by atoms with Crippen LogP contribution in [0.5, 0.6) is 0 Å². The molecule has 2 heterocycles. The van der Waals surface area contributed by atoms with Crippen LogP contribution in [0.1, 0.15) is 40.8 Å². The van der Waals surface area contributed by atoms with E-state index in [1.807, 2.05) is 17.7 Å². The summed E-state index contributed by atoms with van der Waals surface area (Å²) < 4.78 is 7.00. The summed E-state index contributed by atoms with van der Waals surface area (Å²) in [5.41, 5.74) is 7.79. The quantitative estimate of drug-likeness (QED) is 0.874. The van der Waals surface area contributed by atoms with Gasteiger partial charge in [-0.05, 0) is 25.8 Å². The minimum Gasteiger partial charge on any atom is -0.397 e. The molecule has 6 heteroatoms. The summed E-state index contributed by atoms with van der Waals surface area (Å²) in [6.07, 6.45) is 4.04. The number of nitrogens with zero attached hydrogens (tertiary/aromatic N) is 2. The topological polar surface area (TPSA) is 86.1 Å². The molecule has 1 aliphatic carbocycles. The van der Waals surface area contributed by atoms with Gasteiger partial charge in [-0.1, -0.05) is 5.16 Å². The van der Waals surface area contributed by atoms with Crippen LogP contribution in [0, 0.1) is 6.92 Å². The van der Waals surface area contributed by atoms with Crippen LogP contribution < -0.4 is 11.1 Å². The summed E-state index contributed by atoms with van der Waals surface area (Å²) in [6.45, 7) is 2.17. The number of hydrogen-bond donors (Lipinski definition) is 2. The molecule has 0 atom stereocenters. The Bertz CT molecular complexity index is 610. The number of nitrogens with two attached hydrogens (primary N) is 1. The van der Waals surface area contributed by atoms with Crippen LogP contribution in [0.3, 0.4) is 0 Å². The van der Waals surface area contributed by atoms with E-state index in [0.29, 0.717) is 29.7 Å². The Morgan fingerprint density at radius 3 is 3.00 bits per heavy atom. The lowest BCUT2D eigenvalue weighted by Gasteiger charge is -2.07. The molecular weight excluding hydrogens is 244 g/mol. The van der Waals surface area contributed by atoms with E-state index < -0.39 is 0 Å². The number of anilines is 1. The number of aromatic nitrogens is 2. The van der Waals surface area contributed by atoms with Crippen LogP contribution in [0.25, 0.3) is 0 Å². The smallest absolute Gasteiger partial charge is 0.268 e.